The molecule has 0 saturated heterocycles. The van der Waals surface area contributed by atoms with E-state index in [2.05, 4.69) is 89.5 Å². The minimum absolute atomic E-state index is 0.127. The van der Waals surface area contributed by atoms with Gasteiger partial charge in [-0.15, -0.1) is 0 Å². The molecule has 1 aliphatic rings. The van der Waals surface area contributed by atoms with Crippen molar-refractivity contribution in [2.75, 3.05) is 11.9 Å². The predicted molar refractivity (Wildman–Crippen MR) is 113 cm³/mol. The molecule has 5 nitrogen and oxygen atoms in total. The lowest BCUT2D eigenvalue weighted by Gasteiger charge is -2.29. The van der Waals surface area contributed by atoms with Crippen molar-refractivity contribution in [1.82, 2.24) is 9.55 Å². The van der Waals surface area contributed by atoms with Crippen LogP contribution in [-0.4, -0.2) is 23.4 Å². The van der Waals surface area contributed by atoms with Crippen LogP contribution in [0.1, 0.15) is 18.5 Å². The number of benzene rings is 1. The van der Waals surface area contributed by atoms with Crippen LogP contribution in [0.25, 0.3) is 22.9 Å². The molecule has 0 aliphatic carbocycles. The Bertz CT molecular complexity index is 1220. The lowest BCUT2D eigenvalue weighted by molar-refractivity contribution is -0.601. The summed E-state index contributed by atoms with van der Waals surface area (Å²) in [5.74, 6) is 2.07. The van der Waals surface area contributed by atoms with Crippen LogP contribution in [0, 0.1) is 6.92 Å². The van der Waals surface area contributed by atoms with Gasteiger partial charge in [0.15, 0.2) is 5.76 Å². The van der Waals surface area contributed by atoms with Crippen LogP contribution in [0.15, 0.2) is 64.7 Å². The molecule has 1 aromatic carbocycles. The number of hydrogen-bond donors (Lipinski definition) is 0. The van der Waals surface area contributed by atoms with Gasteiger partial charge in [0.2, 0.25) is 5.71 Å². The summed E-state index contributed by atoms with van der Waals surface area (Å²) in [5.41, 5.74) is 5.44. The van der Waals surface area contributed by atoms with E-state index in [1.165, 1.54) is 22.6 Å². The van der Waals surface area contributed by atoms with Crippen LogP contribution in [0.5, 0.6) is 0 Å². The van der Waals surface area contributed by atoms with Crippen molar-refractivity contribution in [3.05, 3.63) is 71.9 Å². The maximum absolute atomic E-state index is 6.00. The summed E-state index contributed by atoms with van der Waals surface area (Å²) in [6.45, 7) is 4.45. The number of rotatable bonds is 2. The molecular weight excluding hydrogens is 347 g/mol. The fraction of sp³-hybridized carbons (Fsp3) is 0.182. The Balaban J connectivity index is 1.67. The van der Waals surface area contributed by atoms with E-state index in [1.54, 1.807) is 6.20 Å². The maximum Gasteiger partial charge on any atom is 0.371 e. The van der Waals surface area contributed by atoms with Crippen molar-refractivity contribution < 1.29 is 8.98 Å². The smallest absolute Gasteiger partial charge is 0.371 e. The van der Waals surface area contributed by atoms with Crippen LogP contribution < -0.4 is 15.0 Å². The summed E-state index contributed by atoms with van der Waals surface area (Å²) in [6, 6.07) is 14.5. The van der Waals surface area contributed by atoms with Crippen LogP contribution >= 0.6 is 0 Å². The highest BCUT2D eigenvalue weighted by molar-refractivity contribution is 6.83. The summed E-state index contributed by atoms with van der Waals surface area (Å²) in [5, 5.41) is 1.05. The Labute approximate surface area is 164 Å². The number of fused-ring (bicyclic) bond motifs is 3. The van der Waals surface area contributed by atoms with Crippen molar-refractivity contribution in [3.63, 3.8) is 0 Å². The molecule has 0 spiro atoms. The highest BCUT2D eigenvalue weighted by Gasteiger charge is 2.39. The van der Waals surface area contributed by atoms with E-state index in [-0.39, 0.29) is 6.85 Å². The van der Waals surface area contributed by atoms with Crippen LogP contribution in [0.3, 0.4) is 0 Å². The van der Waals surface area contributed by atoms with Crippen molar-refractivity contribution >= 4 is 35.3 Å². The maximum atomic E-state index is 6.00. The summed E-state index contributed by atoms with van der Waals surface area (Å²) < 4.78 is 10.5. The number of hydrogen-bond acceptors (Lipinski definition) is 3. The van der Waals surface area contributed by atoms with Crippen molar-refractivity contribution in [1.29, 1.82) is 0 Å². The predicted octanol–water partition coefficient (Wildman–Crippen LogP) is 3.04. The number of imidazole rings is 1. The molecule has 3 aromatic heterocycles. The molecule has 0 radical (unpaired) electrons. The molecule has 0 saturated carbocycles. The molecule has 28 heavy (non-hydrogen) atoms. The van der Waals surface area contributed by atoms with E-state index in [0.717, 1.165) is 16.8 Å². The van der Waals surface area contributed by atoms with Crippen LogP contribution in [0.2, 0.25) is 0 Å². The van der Waals surface area contributed by atoms with E-state index in [4.69, 9.17) is 4.42 Å². The average Bonchev–Trinajstić information content (AvgIpc) is 3.21. The second kappa shape index (κ2) is 6.13. The zero-order chi connectivity index (χ0) is 19.4. The first-order valence-electron chi connectivity index (χ1n) is 9.48. The van der Waals surface area contributed by atoms with Gasteiger partial charge in [0.05, 0.1) is 18.1 Å². The van der Waals surface area contributed by atoms with E-state index < -0.39 is 0 Å². The summed E-state index contributed by atoms with van der Waals surface area (Å²) in [7, 11) is 4.27. The van der Waals surface area contributed by atoms with E-state index in [9.17, 15) is 0 Å². The second-order valence-corrected chi connectivity index (χ2v) is 7.44. The number of allylic oxidation sites excluding steroid dienone is 1. The van der Waals surface area contributed by atoms with Gasteiger partial charge < -0.3 is 9.23 Å². The molecule has 0 fully saturated rings. The Kier molecular flexibility index (Phi) is 3.69. The lowest BCUT2D eigenvalue weighted by Crippen LogP contribution is -2.52. The van der Waals surface area contributed by atoms with Crippen molar-refractivity contribution in [2.24, 2.45) is 7.05 Å². The summed E-state index contributed by atoms with van der Waals surface area (Å²) in [4.78, 5) is 6.69. The standard InChI is InChI=1S/C22H22BN4O/c1-15-13-19-21(18-11-8-12-24-22(18)28-19)26(4)23(15)20-14-27(16(2)25(20)3)17-9-6-5-7-10-17/h5-14H,1-4H3/q+1. The molecule has 0 bridgehead atoms. The Morgan fingerprint density at radius 2 is 1.82 bits per heavy atom. The normalized spacial score (nSPS) is 13.8. The number of aromatic nitrogens is 3. The molecule has 0 N–H and O–H groups in total. The monoisotopic (exact) mass is 369 g/mol. The first kappa shape index (κ1) is 16.9. The van der Waals surface area contributed by atoms with Gasteiger partial charge in [-0.1, -0.05) is 23.7 Å². The Hall–Kier alpha value is -3.28. The molecule has 0 atom stereocenters. The van der Waals surface area contributed by atoms with Crippen LogP contribution in [0.4, 0.5) is 5.69 Å². The zero-order valence-electron chi connectivity index (χ0n) is 16.5. The van der Waals surface area contributed by atoms with Gasteiger partial charge in [-0.3, -0.25) is 0 Å². The first-order chi connectivity index (χ1) is 13.6. The summed E-state index contributed by atoms with van der Waals surface area (Å²) in [6.07, 6.45) is 6.17. The SMILES string of the molecule is CC1=Cc2oc3ncccc3c2N(C)B1c1c[n+](-c2ccccc2)c(C)n1C. The van der Waals surface area contributed by atoms with Crippen molar-refractivity contribution in [3.8, 4) is 5.69 Å². The number of nitrogens with zero attached hydrogens (tertiary/aromatic N) is 4. The Morgan fingerprint density at radius 1 is 1.04 bits per heavy atom. The molecule has 6 heteroatoms. The van der Waals surface area contributed by atoms with Gasteiger partial charge in [-0.25, -0.2) is 14.1 Å². The number of furan rings is 1. The third-order valence-electron chi connectivity index (χ3n) is 5.79. The lowest BCUT2D eigenvalue weighted by atomic mass is 9.50. The number of para-hydroxylation sites is 1. The van der Waals surface area contributed by atoms with Gasteiger partial charge in [-0.2, -0.15) is 0 Å². The zero-order valence-corrected chi connectivity index (χ0v) is 16.5. The Morgan fingerprint density at radius 3 is 2.61 bits per heavy atom. The van der Waals surface area contributed by atoms with E-state index in [0.29, 0.717) is 5.71 Å². The number of pyridine rings is 1. The average molecular weight is 369 g/mol. The molecule has 0 amide bonds. The van der Waals surface area contributed by atoms with E-state index in [1.807, 2.05) is 12.1 Å². The molecular formula is C22H22BN4O+. The van der Waals surface area contributed by atoms with Crippen molar-refractivity contribution in [2.45, 2.75) is 13.8 Å². The molecule has 4 aromatic rings. The van der Waals surface area contributed by atoms with Gasteiger partial charge in [-0.05, 0) is 44.3 Å². The van der Waals surface area contributed by atoms with E-state index >= 15 is 0 Å². The first-order valence-corrected chi connectivity index (χ1v) is 9.48. The largest absolute Gasteiger partial charge is 0.436 e. The molecule has 1 aliphatic heterocycles. The molecule has 5 rings (SSSR count). The van der Waals surface area contributed by atoms with Gasteiger partial charge in [0.1, 0.15) is 17.5 Å². The molecule has 0 unspecified atom stereocenters. The fourth-order valence-corrected chi connectivity index (χ4v) is 4.32. The highest BCUT2D eigenvalue weighted by atomic mass is 16.3. The second-order valence-electron chi connectivity index (χ2n) is 7.44. The molecule has 138 valence electrons. The number of anilines is 1. The summed E-state index contributed by atoms with van der Waals surface area (Å²) >= 11 is 0. The third kappa shape index (κ3) is 2.34. The quantitative estimate of drug-likeness (QED) is 0.403. The minimum Gasteiger partial charge on any atom is -0.436 e. The van der Waals surface area contributed by atoms with Gasteiger partial charge in [0.25, 0.3) is 5.82 Å². The molecule has 4 heterocycles. The minimum atomic E-state index is 0.127. The van der Waals surface area contributed by atoms with Gasteiger partial charge in [0, 0.05) is 13.1 Å². The highest BCUT2D eigenvalue weighted by Crippen LogP contribution is 2.38. The fourth-order valence-electron chi connectivity index (χ4n) is 4.32. The van der Waals surface area contributed by atoms with Gasteiger partial charge >= 0.3 is 6.85 Å². The third-order valence-corrected chi connectivity index (χ3v) is 5.79. The topological polar surface area (TPSA) is 38.1 Å². The van der Waals surface area contributed by atoms with Crippen LogP contribution in [-0.2, 0) is 7.05 Å².